The number of carbonyl (C=O) groups is 1. The first-order valence-corrected chi connectivity index (χ1v) is 11.2. The van der Waals surface area contributed by atoms with E-state index in [9.17, 15) is 4.79 Å². The fraction of sp³-hybridized carbons (Fsp3) is 0.375. The number of aromatic nitrogens is 1. The van der Waals surface area contributed by atoms with E-state index >= 15 is 0 Å². The van der Waals surface area contributed by atoms with Gasteiger partial charge in [-0.25, -0.2) is 4.79 Å². The summed E-state index contributed by atoms with van der Waals surface area (Å²) in [7, 11) is 0. The fourth-order valence-electron chi connectivity index (χ4n) is 4.81. The molecule has 2 aliphatic heterocycles. The van der Waals surface area contributed by atoms with Crippen LogP contribution in [0.2, 0.25) is 5.02 Å². The maximum absolute atomic E-state index is 11.7. The summed E-state index contributed by atoms with van der Waals surface area (Å²) >= 11 is 6.34. The molecule has 0 unspecified atom stereocenters. The third-order valence-electron chi connectivity index (χ3n) is 6.49. The minimum atomic E-state index is 0.0808. The number of urea groups is 1. The second-order valence-corrected chi connectivity index (χ2v) is 8.72. The largest absolute Gasteiger partial charge is 0.336 e. The van der Waals surface area contributed by atoms with Gasteiger partial charge in [0, 0.05) is 48.5 Å². The Balaban J connectivity index is 1.33. The van der Waals surface area contributed by atoms with Gasteiger partial charge in [0.05, 0.1) is 5.52 Å². The van der Waals surface area contributed by atoms with Gasteiger partial charge in [-0.3, -0.25) is 0 Å². The second-order valence-electron chi connectivity index (χ2n) is 8.29. The quantitative estimate of drug-likeness (QED) is 0.658. The van der Waals surface area contributed by atoms with Crippen molar-refractivity contribution in [2.45, 2.75) is 18.8 Å². The summed E-state index contributed by atoms with van der Waals surface area (Å²) in [6, 6.07) is 16.8. The Kier molecular flexibility index (Phi) is 5.40. The number of nitrogens with zero attached hydrogens (tertiary/aromatic N) is 3. The van der Waals surface area contributed by atoms with Crippen LogP contribution in [0.15, 0.2) is 54.7 Å². The lowest BCUT2D eigenvalue weighted by Gasteiger charge is -2.32. The summed E-state index contributed by atoms with van der Waals surface area (Å²) in [5, 5.41) is 4.95. The van der Waals surface area contributed by atoms with Crippen molar-refractivity contribution in [2.75, 3.05) is 39.3 Å². The van der Waals surface area contributed by atoms with Crippen molar-refractivity contribution >= 4 is 28.5 Å². The molecule has 5 nitrogen and oxygen atoms in total. The standard InChI is InChI=1S/C24H27ClN4O/c25-19-6-7-21-22(17-29(23(21)16-19)20-4-2-1-3-5-20)18-8-11-27(12-9-18)14-15-28-13-10-26-24(28)30/h1-7,16-18H,8-15H2,(H,26,30). The first-order chi connectivity index (χ1) is 14.7. The molecule has 2 aliphatic rings. The summed E-state index contributed by atoms with van der Waals surface area (Å²) in [5.41, 5.74) is 3.76. The maximum Gasteiger partial charge on any atom is 0.317 e. The number of halogens is 1. The van der Waals surface area contributed by atoms with Gasteiger partial charge in [-0.05, 0) is 61.7 Å². The highest BCUT2D eigenvalue weighted by Crippen LogP contribution is 2.36. The van der Waals surface area contributed by atoms with Crippen LogP contribution >= 0.6 is 11.6 Å². The summed E-state index contributed by atoms with van der Waals surface area (Å²) in [5.74, 6) is 0.546. The molecule has 156 valence electrons. The molecule has 0 aliphatic carbocycles. The molecule has 2 fully saturated rings. The number of likely N-dealkylation sites (tertiary alicyclic amines) is 1. The average Bonchev–Trinajstić information content (AvgIpc) is 3.36. The van der Waals surface area contributed by atoms with E-state index in [2.05, 4.69) is 57.4 Å². The Morgan fingerprint density at radius 3 is 2.53 bits per heavy atom. The number of amides is 2. The molecule has 2 saturated heterocycles. The highest BCUT2D eigenvalue weighted by molar-refractivity contribution is 6.31. The first-order valence-electron chi connectivity index (χ1n) is 10.8. The molecule has 1 N–H and O–H groups in total. The van der Waals surface area contributed by atoms with E-state index in [4.69, 9.17) is 11.6 Å². The molecule has 30 heavy (non-hydrogen) atoms. The molecule has 2 aromatic carbocycles. The van der Waals surface area contributed by atoms with Crippen LogP contribution in [0.5, 0.6) is 0 Å². The summed E-state index contributed by atoms with van der Waals surface area (Å²) in [6.45, 7) is 5.54. The molecule has 0 bridgehead atoms. The van der Waals surface area contributed by atoms with E-state index in [0.29, 0.717) is 5.92 Å². The van der Waals surface area contributed by atoms with Crippen LogP contribution in [0.4, 0.5) is 4.79 Å². The van der Waals surface area contributed by atoms with E-state index < -0.39 is 0 Å². The predicted octanol–water partition coefficient (Wildman–Crippen LogP) is 4.49. The van der Waals surface area contributed by atoms with Gasteiger partial charge in [0.1, 0.15) is 0 Å². The molecule has 3 aromatic rings. The molecule has 0 spiro atoms. The highest BCUT2D eigenvalue weighted by Gasteiger charge is 2.25. The van der Waals surface area contributed by atoms with Gasteiger partial charge in [0.15, 0.2) is 0 Å². The SMILES string of the molecule is O=C1NCCN1CCN1CCC(c2cn(-c3ccccc3)c3cc(Cl)ccc23)CC1. The zero-order valence-electron chi connectivity index (χ0n) is 17.1. The number of hydrogen-bond acceptors (Lipinski definition) is 2. The molecular formula is C24H27ClN4O. The minimum Gasteiger partial charge on any atom is -0.336 e. The van der Waals surface area contributed by atoms with Gasteiger partial charge in [-0.2, -0.15) is 0 Å². The molecule has 2 amide bonds. The van der Waals surface area contributed by atoms with E-state index in [-0.39, 0.29) is 6.03 Å². The van der Waals surface area contributed by atoms with Crippen molar-refractivity contribution in [3.8, 4) is 5.69 Å². The van der Waals surface area contributed by atoms with Gasteiger partial charge in [0.25, 0.3) is 0 Å². The Labute approximate surface area is 182 Å². The van der Waals surface area contributed by atoms with Crippen LogP contribution in [-0.2, 0) is 0 Å². The first kappa shape index (κ1) is 19.5. The zero-order chi connectivity index (χ0) is 20.5. The average molecular weight is 423 g/mol. The highest BCUT2D eigenvalue weighted by atomic mass is 35.5. The lowest BCUT2D eigenvalue weighted by atomic mass is 9.89. The number of carbonyl (C=O) groups excluding carboxylic acids is 1. The van der Waals surface area contributed by atoms with Crippen LogP contribution in [0.1, 0.15) is 24.3 Å². The van der Waals surface area contributed by atoms with Crippen LogP contribution in [-0.4, -0.2) is 59.7 Å². The molecule has 5 rings (SSSR count). The van der Waals surface area contributed by atoms with Crippen LogP contribution in [0.25, 0.3) is 16.6 Å². The number of nitrogens with one attached hydrogen (secondary N) is 1. The monoisotopic (exact) mass is 422 g/mol. The topological polar surface area (TPSA) is 40.5 Å². The van der Waals surface area contributed by atoms with Crippen molar-refractivity contribution in [1.29, 1.82) is 0 Å². The number of para-hydroxylation sites is 1. The minimum absolute atomic E-state index is 0.0808. The Morgan fingerprint density at radius 1 is 1.00 bits per heavy atom. The summed E-state index contributed by atoms with van der Waals surface area (Å²) in [4.78, 5) is 16.2. The molecule has 6 heteroatoms. The lowest BCUT2D eigenvalue weighted by Crippen LogP contribution is -2.40. The van der Waals surface area contributed by atoms with Crippen molar-refractivity contribution in [3.05, 3.63) is 65.3 Å². The molecule has 0 atom stereocenters. The van der Waals surface area contributed by atoms with Gasteiger partial charge in [-0.1, -0.05) is 35.9 Å². The number of benzene rings is 2. The maximum atomic E-state index is 11.7. The smallest absolute Gasteiger partial charge is 0.317 e. The van der Waals surface area contributed by atoms with Crippen molar-refractivity contribution in [2.24, 2.45) is 0 Å². The Morgan fingerprint density at radius 2 is 1.80 bits per heavy atom. The lowest BCUT2D eigenvalue weighted by molar-refractivity contribution is 0.181. The van der Waals surface area contributed by atoms with Crippen molar-refractivity contribution in [1.82, 2.24) is 19.7 Å². The summed E-state index contributed by atoms with van der Waals surface area (Å²) in [6.07, 6.45) is 4.59. The van der Waals surface area contributed by atoms with Crippen molar-refractivity contribution < 1.29 is 4.79 Å². The van der Waals surface area contributed by atoms with Crippen LogP contribution < -0.4 is 5.32 Å². The number of fused-ring (bicyclic) bond motifs is 1. The fourth-order valence-corrected chi connectivity index (χ4v) is 4.97. The number of hydrogen-bond donors (Lipinski definition) is 1. The Bertz CT molecular complexity index is 1040. The van der Waals surface area contributed by atoms with E-state index in [1.807, 2.05) is 17.0 Å². The molecule has 0 radical (unpaired) electrons. The van der Waals surface area contributed by atoms with Gasteiger partial charge in [-0.15, -0.1) is 0 Å². The predicted molar refractivity (Wildman–Crippen MR) is 122 cm³/mol. The third kappa shape index (κ3) is 3.80. The third-order valence-corrected chi connectivity index (χ3v) is 6.73. The number of rotatable bonds is 5. The van der Waals surface area contributed by atoms with Crippen LogP contribution in [0, 0.1) is 0 Å². The van der Waals surface area contributed by atoms with Crippen molar-refractivity contribution in [3.63, 3.8) is 0 Å². The van der Waals surface area contributed by atoms with Gasteiger partial charge in [0.2, 0.25) is 0 Å². The van der Waals surface area contributed by atoms with E-state index in [1.165, 1.54) is 16.5 Å². The van der Waals surface area contributed by atoms with Gasteiger partial charge < -0.3 is 19.7 Å². The zero-order valence-corrected chi connectivity index (χ0v) is 17.8. The molecule has 1 aromatic heterocycles. The van der Waals surface area contributed by atoms with Crippen LogP contribution in [0.3, 0.4) is 0 Å². The summed E-state index contributed by atoms with van der Waals surface area (Å²) < 4.78 is 2.27. The Hall–Kier alpha value is -2.50. The number of piperidine rings is 1. The van der Waals surface area contributed by atoms with E-state index in [1.54, 1.807) is 0 Å². The molecular weight excluding hydrogens is 396 g/mol. The second kappa shape index (κ2) is 8.32. The molecule has 3 heterocycles. The van der Waals surface area contributed by atoms with Gasteiger partial charge >= 0.3 is 6.03 Å². The molecule has 0 saturated carbocycles. The normalized spacial score (nSPS) is 18.3. The van der Waals surface area contributed by atoms with E-state index in [0.717, 1.165) is 62.8 Å².